The van der Waals surface area contributed by atoms with E-state index in [2.05, 4.69) is 0 Å². The van der Waals surface area contributed by atoms with Crippen LogP contribution in [0.25, 0.3) is 20.7 Å². The van der Waals surface area contributed by atoms with Crippen LogP contribution in [0.4, 0.5) is 11.5 Å². The lowest BCUT2D eigenvalue weighted by atomic mass is 9.51. The molecule has 2 saturated heterocycles. The molecule has 1 saturated carbocycles. The quantitative estimate of drug-likeness (QED) is 0.0993. The molecule has 3 aromatic carbocycles. The molecule has 0 bridgehead atoms. The molecule has 9 rings (SSSR count). The number of carbonyl (C=O) groups is 5. The van der Waals surface area contributed by atoms with Crippen LogP contribution in [0.2, 0.25) is 5.02 Å². The molecule has 3 fully saturated rings. The van der Waals surface area contributed by atoms with Gasteiger partial charge in [0.15, 0.2) is 17.3 Å². The Balaban J connectivity index is 1.15. The van der Waals surface area contributed by atoms with Crippen LogP contribution >= 0.6 is 22.9 Å². The number of imide groups is 2. The van der Waals surface area contributed by atoms with Crippen molar-refractivity contribution in [3.05, 3.63) is 100 Å². The SMILES string of the molecule is CCOc1cc(C2C3=CCC4C(=O)N(c5ccc(C(C)=O)cc5)C(=O)C4C3CC3C(=O)N(c4cc(-c5sc6ccc(Cl)cc6c5C)nn4C)C(=O)C32C)ccc1O. The predicted octanol–water partition coefficient (Wildman–Crippen LogP) is 8.01. The number of phenols is 1. The Hall–Kier alpha value is -5.59. The van der Waals surface area contributed by atoms with Gasteiger partial charge >= 0.3 is 0 Å². The maximum absolute atomic E-state index is 15.2. The molecule has 0 spiro atoms. The van der Waals surface area contributed by atoms with Crippen molar-refractivity contribution >= 4 is 73.9 Å². The number of aromatic hydroxyl groups is 1. The smallest absolute Gasteiger partial charge is 0.242 e. The second kappa shape index (κ2) is 13.2. The van der Waals surface area contributed by atoms with Gasteiger partial charge in [0.05, 0.1) is 40.3 Å². The summed E-state index contributed by atoms with van der Waals surface area (Å²) in [6, 6.07) is 18.9. The van der Waals surface area contributed by atoms with Crippen molar-refractivity contribution in [2.45, 2.75) is 46.5 Å². The summed E-state index contributed by atoms with van der Waals surface area (Å²) in [5, 5.41) is 17.2. The molecular weight excluding hydrogens is 764 g/mol. The molecule has 4 aliphatic rings. The fraction of sp³-hybridized carbons (Fsp3) is 0.318. The summed E-state index contributed by atoms with van der Waals surface area (Å²) in [5.74, 6) is -4.67. The van der Waals surface area contributed by atoms with Crippen LogP contribution in [-0.2, 0) is 26.2 Å². The summed E-state index contributed by atoms with van der Waals surface area (Å²) < 4.78 is 8.39. The second-order valence-electron chi connectivity index (χ2n) is 15.6. The second-order valence-corrected chi connectivity index (χ2v) is 17.1. The van der Waals surface area contributed by atoms with Crippen molar-refractivity contribution in [1.82, 2.24) is 9.78 Å². The number of ketones is 1. The predicted molar refractivity (Wildman–Crippen MR) is 217 cm³/mol. The average Bonchev–Trinajstić information content (AvgIpc) is 3.86. The Kier molecular flexibility index (Phi) is 8.60. The summed E-state index contributed by atoms with van der Waals surface area (Å²) in [5.41, 5.74) is 2.61. The number of benzene rings is 3. The Morgan fingerprint density at radius 3 is 2.46 bits per heavy atom. The summed E-state index contributed by atoms with van der Waals surface area (Å²) in [7, 11) is 1.71. The lowest BCUT2D eigenvalue weighted by Gasteiger charge is -2.49. The number of aromatic nitrogens is 2. The number of halogens is 1. The van der Waals surface area contributed by atoms with Gasteiger partial charge in [-0.05, 0) is 118 Å². The number of thiophene rings is 1. The van der Waals surface area contributed by atoms with Gasteiger partial charge in [0.1, 0.15) is 11.5 Å². The van der Waals surface area contributed by atoms with Crippen LogP contribution in [0.15, 0.2) is 78.4 Å². The van der Waals surface area contributed by atoms with Gasteiger partial charge in [-0.2, -0.15) is 5.10 Å². The molecule has 1 N–H and O–H groups in total. The van der Waals surface area contributed by atoms with Gasteiger partial charge in [0.2, 0.25) is 23.6 Å². The van der Waals surface area contributed by atoms with Crippen molar-refractivity contribution in [3.8, 4) is 22.1 Å². The maximum atomic E-state index is 15.2. The standard InChI is InChI=1S/C44H39ClN4O7S/c1-6-56-34-17-24(9-15-33(34)51)38-27-13-14-28-37(42(54)48(40(28)52)26-11-7-23(8-12-26)22(3)50)30(27)19-31-41(53)49(43(55)44(31,38)4)36-20-32(46-47(36)5)39-21(2)29-18-25(45)10-16-35(29)57-39/h7-13,15-18,20,28,30-31,37-38,51H,6,14,19H2,1-5H3. The zero-order chi connectivity index (χ0) is 40.2. The van der Waals surface area contributed by atoms with Crippen molar-refractivity contribution in [1.29, 1.82) is 0 Å². The molecule has 5 aromatic rings. The largest absolute Gasteiger partial charge is 0.504 e. The molecule has 0 radical (unpaired) electrons. The Morgan fingerprint density at radius 2 is 1.74 bits per heavy atom. The fourth-order valence-electron chi connectivity index (χ4n) is 9.91. The first kappa shape index (κ1) is 37.0. The van der Waals surface area contributed by atoms with E-state index in [4.69, 9.17) is 21.4 Å². The first-order chi connectivity index (χ1) is 27.2. The lowest BCUT2D eigenvalue weighted by molar-refractivity contribution is -0.131. The number of aryl methyl sites for hydroxylation is 2. The molecule has 6 unspecified atom stereocenters. The lowest BCUT2D eigenvalue weighted by Crippen LogP contribution is -2.49. The van der Waals surface area contributed by atoms with E-state index in [-0.39, 0.29) is 48.5 Å². The highest BCUT2D eigenvalue weighted by Crippen LogP contribution is 2.64. The van der Waals surface area contributed by atoms with Gasteiger partial charge in [0.25, 0.3) is 0 Å². The van der Waals surface area contributed by atoms with Crippen LogP contribution in [0.1, 0.15) is 61.0 Å². The van der Waals surface area contributed by atoms with Crippen LogP contribution in [0.3, 0.4) is 0 Å². The fourth-order valence-corrected chi connectivity index (χ4v) is 11.2. The van der Waals surface area contributed by atoms with E-state index in [1.165, 1.54) is 22.8 Å². The number of Topliss-reactive ketones (excluding diaryl/α,β-unsaturated/α-hetero) is 1. The molecule has 13 heteroatoms. The zero-order valence-electron chi connectivity index (χ0n) is 31.9. The molecule has 6 atom stereocenters. The van der Waals surface area contributed by atoms with Gasteiger partial charge in [0, 0.05) is 34.3 Å². The molecule has 57 heavy (non-hydrogen) atoms. The monoisotopic (exact) mass is 802 g/mol. The Labute approximate surface area is 337 Å². The third-order valence-corrected chi connectivity index (χ3v) is 14.2. The van der Waals surface area contributed by atoms with E-state index in [1.54, 1.807) is 72.5 Å². The summed E-state index contributed by atoms with van der Waals surface area (Å²) in [4.78, 5) is 74.1. The molecule has 2 aromatic heterocycles. The van der Waals surface area contributed by atoms with E-state index < -0.39 is 46.8 Å². The van der Waals surface area contributed by atoms with Gasteiger partial charge in [-0.15, -0.1) is 11.3 Å². The molecule has 4 heterocycles. The summed E-state index contributed by atoms with van der Waals surface area (Å²) >= 11 is 7.88. The summed E-state index contributed by atoms with van der Waals surface area (Å²) in [6.45, 7) is 7.37. The number of rotatable bonds is 7. The molecule has 290 valence electrons. The highest BCUT2D eigenvalue weighted by Gasteiger charge is 2.68. The molecule has 2 aliphatic carbocycles. The minimum Gasteiger partial charge on any atom is -0.504 e. The van der Waals surface area contributed by atoms with E-state index in [1.807, 2.05) is 38.1 Å². The van der Waals surface area contributed by atoms with Gasteiger partial charge < -0.3 is 9.84 Å². The molecule has 2 aliphatic heterocycles. The first-order valence-electron chi connectivity index (χ1n) is 19.0. The number of allylic oxidation sites excluding steroid dienone is 2. The topological polar surface area (TPSA) is 139 Å². The number of hydrogen-bond acceptors (Lipinski definition) is 9. The maximum Gasteiger partial charge on any atom is 0.242 e. The molecule has 11 nitrogen and oxygen atoms in total. The van der Waals surface area contributed by atoms with E-state index in [0.29, 0.717) is 33.3 Å². The Morgan fingerprint density at radius 1 is 0.982 bits per heavy atom. The number of amides is 4. The van der Waals surface area contributed by atoms with Gasteiger partial charge in [-0.3, -0.25) is 33.6 Å². The van der Waals surface area contributed by atoms with Crippen molar-refractivity contribution in [2.75, 3.05) is 16.4 Å². The Bertz CT molecular complexity index is 2630. The van der Waals surface area contributed by atoms with Crippen LogP contribution in [-0.4, -0.2) is 50.9 Å². The van der Waals surface area contributed by atoms with Crippen LogP contribution < -0.4 is 14.5 Å². The average molecular weight is 803 g/mol. The number of ether oxygens (including phenoxy) is 1. The van der Waals surface area contributed by atoms with Gasteiger partial charge in [-0.25, -0.2) is 4.90 Å². The first-order valence-corrected chi connectivity index (χ1v) is 20.2. The normalized spacial score (nSPS) is 25.5. The number of anilines is 2. The molecule has 4 amide bonds. The number of fused-ring (bicyclic) bond motifs is 5. The van der Waals surface area contributed by atoms with Crippen molar-refractivity contribution in [3.63, 3.8) is 0 Å². The number of carbonyl (C=O) groups excluding carboxylic acids is 5. The third-order valence-electron chi connectivity index (χ3n) is 12.6. The zero-order valence-corrected chi connectivity index (χ0v) is 33.5. The van der Waals surface area contributed by atoms with Crippen LogP contribution in [0.5, 0.6) is 11.5 Å². The number of nitrogens with zero attached hydrogens (tertiary/aromatic N) is 4. The number of hydrogen-bond donors (Lipinski definition) is 1. The van der Waals surface area contributed by atoms with Crippen molar-refractivity contribution in [2.24, 2.45) is 36.1 Å². The third kappa shape index (κ3) is 5.36. The highest BCUT2D eigenvalue weighted by molar-refractivity contribution is 7.22. The van der Waals surface area contributed by atoms with Crippen LogP contribution in [0, 0.1) is 36.0 Å². The minimum absolute atomic E-state index is 0.0629. The summed E-state index contributed by atoms with van der Waals surface area (Å²) in [6.07, 6.45) is 2.43. The van der Waals surface area contributed by atoms with Gasteiger partial charge in [-0.1, -0.05) is 29.3 Å². The highest BCUT2D eigenvalue weighted by atomic mass is 35.5. The van der Waals surface area contributed by atoms with E-state index >= 15 is 4.79 Å². The minimum atomic E-state index is -1.31. The molecular formula is C44H39ClN4O7S. The number of phenolic OH excluding ortho intramolecular Hbond substituents is 1. The van der Waals surface area contributed by atoms with E-state index in [9.17, 15) is 24.3 Å². The van der Waals surface area contributed by atoms with Crippen molar-refractivity contribution < 1.29 is 33.8 Å². The van der Waals surface area contributed by atoms with E-state index in [0.717, 1.165) is 26.1 Å².